The molecule has 11 nitrogen and oxygen atoms in total. The monoisotopic (exact) mass is 561 g/mol. The highest BCUT2D eigenvalue weighted by Crippen LogP contribution is 2.41. The normalized spacial score (nSPS) is 17.8. The number of nitrogens with zero attached hydrogens (tertiary/aromatic N) is 3. The summed E-state index contributed by atoms with van der Waals surface area (Å²) in [5, 5.41) is 9.86. The van der Waals surface area contributed by atoms with Crippen LogP contribution in [-0.2, 0) is 11.3 Å². The molecule has 1 aliphatic heterocycles. The Hall–Kier alpha value is -4.41. The fourth-order valence-corrected chi connectivity index (χ4v) is 5.01. The second-order valence-electron chi connectivity index (χ2n) is 10.9. The molecule has 2 aromatic heterocycles. The number of aromatic nitrogens is 2. The van der Waals surface area contributed by atoms with E-state index in [9.17, 15) is 14.4 Å². The maximum atomic E-state index is 13.7. The topological polar surface area (TPSA) is 136 Å². The van der Waals surface area contributed by atoms with Crippen molar-refractivity contribution in [2.24, 2.45) is 5.92 Å². The average molecular weight is 562 g/mol. The Labute approximate surface area is 238 Å². The molecule has 2 aliphatic rings. The Balaban J connectivity index is 1.57. The van der Waals surface area contributed by atoms with Crippen LogP contribution in [0.15, 0.2) is 41.2 Å². The average Bonchev–Trinajstić information content (AvgIpc) is 3.70. The molecule has 5 rings (SSSR count). The van der Waals surface area contributed by atoms with Crippen molar-refractivity contribution in [3.63, 3.8) is 0 Å². The van der Waals surface area contributed by atoms with Crippen LogP contribution in [0.5, 0.6) is 11.5 Å². The van der Waals surface area contributed by atoms with Crippen LogP contribution in [0.3, 0.4) is 0 Å². The van der Waals surface area contributed by atoms with E-state index in [1.54, 1.807) is 36.4 Å². The van der Waals surface area contributed by atoms with Gasteiger partial charge in [0.25, 0.3) is 11.8 Å². The van der Waals surface area contributed by atoms with E-state index < -0.39 is 11.9 Å². The highest BCUT2D eigenvalue weighted by atomic mass is 16.5. The third-order valence-electron chi connectivity index (χ3n) is 7.26. The molecule has 11 heteroatoms. The first-order chi connectivity index (χ1) is 19.8. The van der Waals surface area contributed by atoms with Gasteiger partial charge in [-0.15, -0.1) is 0 Å². The van der Waals surface area contributed by atoms with Crippen molar-refractivity contribution in [3.8, 4) is 22.6 Å². The maximum absolute atomic E-state index is 13.7. The van der Waals surface area contributed by atoms with Gasteiger partial charge in [0.05, 0.1) is 25.5 Å². The van der Waals surface area contributed by atoms with Gasteiger partial charge in [-0.1, -0.05) is 19.0 Å². The van der Waals surface area contributed by atoms with Gasteiger partial charge in [-0.2, -0.15) is 0 Å². The van der Waals surface area contributed by atoms with E-state index >= 15 is 0 Å². The molecule has 3 amide bonds. The Morgan fingerprint density at radius 3 is 2.59 bits per heavy atom. The summed E-state index contributed by atoms with van der Waals surface area (Å²) in [5.41, 5.74) is 3.11. The zero-order valence-corrected chi connectivity index (χ0v) is 23.7. The molecule has 1 atom stereocenters. The van der Waals surface area contributed by atoms with Gasteiger partial charge < -0.3 is 29.5 Å². The van der Waals surface area contributed by atoms with E-state index in [-0.39, 0.29) is 43.1 Å². The largest absolute Gasteiger partial charge is 0.493 e. The number of hydrogen-bond acceptors (Lipinski definition) is 8. The molecule has 1 aromatic carbocycles. The van der Waals surface area contributed by atoms with Crippen molar-refractivity contribution in [2.75, 3.05) is 27.3 Å². The number of hydrogen-bond donors (Lipinski definition) is 2. The smallest absolute Gasteiger partial charge is 0.292 e. The van der Waals surface area contributed by atoms with Crippen LogP contribution in [0, 0.1) is 5.92 Å². The number of pyridine rings is 1. The van der Waals surface area contributed by atoms with Gasteiger partial charge in [-0.3, -0.25) is 19.4 Å². The molecule has 1 aliphatic carbocycles. The third kappa shape index (κ3) is 6.34. The molecule has 3 heterocycles. The summed E-state index contributed by atoms with van der Waals surface area (Å²) in [4.78, 5) is 46.0. The van der Waals surface area contributed by atoms with Crippen LogP contribution in [0.2, 0.25) is 0 Å². The number of ether oxygens (including phenoxy) is 2. The molecule has 3 aromatic rings. The third-order valence-corrected chi connectivity index (χ3v) is 7.26. The summed E-state index contributed by atoms with van der Waals surface area (Å²) in [7, 11) is 3.08. The minimum Gasteiger partial charge on any atom is -0.493 e. The van der Waals surface area contributed by atoms with Gasteiger partial charge in [0.1, 0.15) is 6.04 Å². The standard InChI is InChI=1S/C30H35N5O6/c1-17(2)9-24-29(37)32-7-8-35(30(38)26-13-23(34-41-26)19-5-6-19)16-18-10-22(27(40-4)25(11-18)39-3)20-12-21(15-31-14-20)28(36)33-24/h10-15,17,19,24H,5-9,16H2,1-4H3,(H,32,37)(H,33,36)/t24-/m1/s1. The second-order valence-corrected chi connectivity index (χ2v) is 10.9. The summed E-state index contributed by atoms with van der Waals surface area (Å²) in [6.45, 7) is 4.54. The van der Waals surface area contributed by atoms with Gasteiger partial charge in [0, 0.05) is 55.1 Å². The lowest BCUT2D eigenvalue weighted by Crippen LogP contribution is -2.49. The molecule has 0 saturated heterocycles. The molecule has 41 heavy (non-hydrogen) atoms. The Morgan fingerprint density at radius 1 is 1.10 bits per heavy atom. The molecule has 0 unspecified atom stereocenters. The van der Waals surface area contributed by atoms with Crippen molar-refractivity contribution in [1.82, 2.24) is 25.7 Å². The van der Waals surface area contributed by atoms with E-state index in [2.05, 4.69) is 20.8 Å². The molecule has 2 N–H and O–H groups in total. The van der Waals surface area contributed by atoms with E-state index in [0.717, 1.165) is 24.1 Å². The lowest BCUT2D eigenvalue weighted by atomic mass is 10.00. The fourth-order valence-electron chi connectivity index (χ4n) is 5.01. The Bertz CT molecular complexity index is 1450. The molecular formula is C30H35N5O6. The lowest BCUT2D eigenvalue weighted by Gasteiger charge is -2.24. The quantitative estimate of drug-likeness (QED) is 0.467. The second kappa shape index (κ2) is 12.0. The van der Waals surface area contributed by atoms with Crippen molar-refractivity contribution in [2.45, 2.75) is 51.6 Å². The van der Waals surface area contributed by atoms with E-state index in [4.69, 9.17) is 14.0 Å². The van der Waals surface area contributed by atoms with E-state index in [1.807, 2.05) is 19.9 Å². The molecular weight excluding hydrogens is 526 g/mol. The fraction of sp³-hybridized carbons (Fsp3) is 0.433. The molecule has 4 bridgehead atoms. The predicted molar refractivity (Wildman–Crippen MR) is 150 cm³/mol. The molecule has 1 fully saturated rings. The number of carbonyl (C=O) groups excluding carboxylic acids is 3. The SMILES string of the molecule is COc1cc2cc(c1OC)-c1cncc(c1)C(=O)N[C@H](CC(C)C)C(=O)NCCN(C(=O)c1cc(C3CC3)no1)C2. The van der Waals surface area contributed by atoms with Crippen molar-refractivity contribution in [3.05, 3.63) is 59.2 Å². The van der Waals surface area contributed by atoms with Crippen molar-refractivity contribution < 1.29 is 28.4 Å². The van der Waals surface area contributed by atoms with Crippen LogP contribution < -0.4 is 20.1 Å². The van der Waals surface area contributed by atoms with E-state index in [0.29, 0.717) is 40.5 Å². The Kier molecular flexibility index (Phi) is 8.23. The number of amides is 3. The number of rotatable bonds is 6. The molecule has 216 valence electrons. The zero-order chi connectivity index (χ0) is 29.1. The van der Waals surface area contributed by atoms with Crippen LogP contribution in [-0.4, -0.2) is 66.1 Å². The minimum atomic E-state index is -0.758. The molecule has 1 saturated carbocycles. The number of methoxy groups -OCH3 is 2. The first-order valence-corrected chi connectivity index (χ1v) is 13.8. The number of fused-ring (bicyclic) bond motifs is 5. The molecule has 0 radical (unpaired) electrons. The van der Waals surface area contributed by atoms with Crippen molar-refractivity contribution in [1.29, 1.82) is 0 Å². The summed E-state index contributed by atoms with van der Waals surface area (Å²) < 4.78 is 16.8. The van der Waals surface area contributed by atoms with Crippen LogP contribution in [0.4, 0.5) is 0 Å². The predicted octanol–water partition coefficient (Wildman–Crippen LogP) is 3.55. The number of nitrogens with one attached hydrogen (secondary N) is 2. The van der Waals surface area contributed by atoms with Crippen LogP contribution >= 0.6 is 0 Å². The first kappa shape index (κ1) is 28.1. The first-order valence-electron chi connectivity index (χ1n) is 13.8. The summed E-state index contributed by atoms with van der Waals surface area (Å²) >= 11 is 0. The van der Waals surface area contributed by atoms with Gasteiger partial charge in [-0.05, 0) is 48.9 Å². The van der Waals surface area contributed by atoms with Crippen LogP contribution in [0.25, 0.3) is 11.1 Å². The lowest BCUT2D eigenvalue weighted by molar-refractivity contribution is -0.123. The van der Waals surface area contributed by atoms with E-state index in [1.165, 1.54) is 13.3 Å². The zero-order valence-electron chi connectivity index (χ0n) is 23.7. The highest BCUT2D eigenvalue weighted by Gasteiger charge is 2.30. The summed E-state index contributed by atoms with van der Waals surface area (Å²) in [6.07, 6.45) is 5.61. The minimum absolute atomic E-state index is 0.152. The number of carbonyl (C=O) groups is 3. The summed E-state index contributed by atoms with van der Waals surface area (Å²) in [5.74, 6) is 0.510. The van der Waals surface area contributed by atoms with Gasteiger partial charge in [0.15, 0.2) is 11.5 Å². The van der Waals surface area contributed by atoms with Crippen LogP contribution in [0.1, 0.15) is 71.2 Å². The van der Waals surface area contributed by atoms with Crippen molar-refractivity contribution >= 4 is 17.7 Å². The van der Waals surface area contributed by atoms with Gasteiger partial charge in [-0.25, -0.2) is 0 Å². The summed E-state index contributed by atoms with van der Waals surface area (Å²) in [6, 6.07) is 6.34. The Morgan fingerprint density at radius 2 is 1.88 bits per heavy atom. The number of benzene rings is 1. The maximum Gasteiger partial charge on any atom is 0.292 e. The molecule has 0 spiro atoms. The highest BCUT2D eigenvalue weighted by molar-refractivity contribution is 5.98. The van der Waals surface area contributed by atoms with Gasteiger partial charge >= 0.3 is 0 Å². The van der Waals surface area contributed by atoms with Gasteiger partial charge in [0.2, 0.25) is 11.7 Å².